The van der Waals surface area contributed by atoms with Crippen molar-refractivity contribution in [3.63, 3.8) is 0 Å². The van der Waals surface area contributed by atoms with Crippen molar-refractivity contribution >= 4 is 89.1 Å². The van der Waals surface area contributed by atoms with Crippen molar-refractivity contribution < 1.29 is 134 Å². The molecular weight excluding hydrogens is 1300 g/mol. The summed E-state index contributed by atoms with van der Waals surface area (Å²) in [5.74, 6) is -11.7. The van der Waals surface area contributed by atoms with Crippen molar-refractivity contribution in [3.05, 3.63) is 118 Å². The first-order valence-corrected chi connectivity index (χ1v) is 30.0. The van der Waals surface area contributed by atoms with Crippen LogP contribution in [0.3, 0.4) is 0 Å². The van der Waals surface area contributed by atoms with E-state index in [-0.39, 0.29) is 47.9 Å². The molecule has 0 aromatic heterocycles. The van der Waals surface area contributed by atoms with Crippen LogP contribution in [0.2, 0.25) is 0 Å². The Bertz CT molecular complexity index is 3630. The van der Waals surface area contributed by atoms with Gasteiger partial charge in [0.2, 0.25) is 30.1 Å². The Balaban J connectivity index is 1.11. The number of nitrogens with one attached hydrogen (secondary N) is 4. The minimum atomic E-state index is -1.95. The number of carbonyl (C=O) groups is 13. The molecule has 4 aromatic rings. The predicted octanol–water partition coefficient (Wildman–Crippen LogP) is 3.71. The van der Waals surface area contributed by atoms with E-state index in [9.17, 15) is 72.4 Å². The molecule has 34 nitrogen and oxygen atoms in total. The molecule has 3 aliphatic rings. The summed E-state index contributed by atoms with van der Waals surface area (Å²) in [6.07, 6.45) is -21.9. The Morgan fingerprint density at radius 3 is 1.65 bits per heavy atom. The molecule has 4 amide bonds. The van der Waals surface area contributed by atoms with Crippen molar-refractivity contribution in [2.75, 3.05) is 32.7 Å². The predicted molar refractivity (Wildman–Crippen MR) is 326 cm³/mol. The van der Waals surface area contributed by atoms with Gasteiger partial charge in [-0.15, -0.1) is 0 Å². The fourth-order valence-corrected chi connectivity index (χ4v) is 10.7. The molecule has 4 aromatic carbocycles. The first-order chi connectivity index (χ1) is 46.6. The maximum absolute atomic E-state index is 14.2. The van der Waals surface area contributed by atoms with Gasteiger partial charge in [0.25, 0.3) is 5.69 Å². The first kappa shape index (κ1) is 74.1. The summed E-state index contributed by atoms with van der Waals surface area (Å²) in [5, 5.41) is 21.3. The number of carbonyl (C=O) groups excluding carboxylic acids is 13. The van der Waals surface area contributed by atoms with Gasteiger partial charge in [0.05, 0.1) is 24.8 Å². The number of nitrogens with zero attached hydrogens (tertiary/aromatic N) is 1. The number of ether oxygens (including phenoxy) is 14. The van der Waals surface area contributed by atoms with Crippen molar-refractivity contribution in [2.45, 2.75) is 147 Å². The Kier molecular flexibility index (Phi) is 26.0. The highest BCUT2D eigenvalue weighted by Gasteiger charge is 2.57. The average molecular weight is 1370 g/mol. The van der Waals surface area contributed by atoms with Gasteiger partial charge in [-0.25, -0.2) is 19.2 Å². The zero-order valence-corrected chi connectivity index (χ0v) is 53.8. The third-order valence-corrected chi connectivity index (χ3v) is 14.7. The topological polar surface area (TPSA) is 442 Å². The normalized spacial score (nSPS) is 20.8. The number of hydrogen-bond acceptors (Lipinski definition) is 29. The summed E-state index contributed by atoms with van der Waals surface area (Å²) in [7, 11) is 1.94. The second-order valence-electron chi connectivity index (χ2n) is 21.8. The largest absolute Gasteiger partial charge is 0.514 e. The van der Waals surface area contributed by atoms with Crippen LogP contribution in [0.25, 0.3) is 11.1 Å². The summed E-state index contributed by atoms with van der Waals surface area (Å²) in [6, 6.07) is 21.7. The van der Waals surface area contributed by atoms with Crippen molar-refractivity contribution in [1.82, 2.24) is 16.0 Å². The van der Waals surface area contributed by atoms with E-state index >= 15 is 0 Å². The number of esters is 8. The molecule has 34 heteroatoms. The fraction of sp³-hybridized carbons (Fsp3) is 0.422. The van der Waals surface area contributed by atoms with E-state index in [0.29, 0.717) is 0 Å². The molecule has 1 aliphatic carbocycles. The third-order valence-electron chi connectivity index (χ3n) is 14.7. The number of benzene rings is 4. The van der Waals surface area contributed by atoms with Crippen LogP contribution in [0, 0.1) is 10.1 Å². The second kappa shape index (κ2) is 34.4. The number of nitro benzene ring substituents is 1. The number of rotatable bonds is 27. The highest BCUT2D eigenvalue weighted by molar-refractivity contribution is 5.93. The Labute approximate surface area is 557 Å². The molecule has 2 fully saturated rings. The lowest BCUT2D eigenvalue weighted by Crippen LogP contribution is -2.67. The Morgan fingerprint density at radius 2 is 1.10 bits per heavy atom. The molecule has 7 rings (SSSR count). The number of hydrogen-bond donors (Lipinski definition) is 4. The van der Waals surface area contributed by atoms with Crippen LogP contribution in [0.15, 0.2) is 91.0 Å². The SMILES string of the molecule is COC(=O)[C@H]1O[C@@H](NC(=O)CCC[C@H](NC(=O)OCC2c3ccccc3-c3ccccc32)C(=O)NCCC(=O)Nc2cc(COC(=O)Oc3ccc([N+](=O)[O-])cc3)ccc2O[C@@H]2O[C@H](C(=O)OC)[C@@H](OC(C)=O)[C@H](OC(C)=O)[C@H]2OC(C)=O)[C@H](OC(C)=O)[C@@H](OC(C)=O)[C@@H]1OC(C)=O. The highest BCUT2D eigenvalue weighted by Crippen LogP contribution is 2.45. The van der Waals surface area contributed by atoms with Crippen molar-refractivity contribution in [3.8, 4) is 22.6 Å². The van der Waals surface area contributed by atoms with Crippen molar-refractivity contribution in [2.24, 2.45) is 0 Å². The minimum absolute atomic E-state index is 0.120. The molecule has 2 aliphatic heterocycles. The van der Waals surface area contributed by atoms with Crippen LogP contribution >= 0.6 is 0 Å². The summed E-state index contributed by atoms with van der Waals surface area (Å²) < 4.78 is 76.1. The number of non-ortho nitro benzene ring substituents is 1. The second-order valence-corrected chi connectivity index (χ2v) is 21.8. The molecule has 0 bridgehead atoms. The number of nitro groups is 1. The van der Waals surface area contributed by atoms with E-state index in [0.717, 1.165) is 102 Å². The average Bonchev–Trinajstić information content (AvgIpc) is 1.26. The fourth-order valence-electron chi connectivity index (χ4n) is 10.7. The quantitative estimate of drug-likeness (QED) is 0.0217. The minimum Gasteiger partial charge on any atom is -0.467 e. The van der Waals surface area contributed by atoms with Gasteiger partial charge in [-0.1, -0.05) is 54.6 Å². The number of methoxy groups -OCH3 is 2. The van der Waals surface area contributed by atoms with Crippen LogP contribution in [-0.4, -0.2) is 177 Å². The van der Waals surface area contributed by atoms with E-state index in [1.165, 1.54) is 18.2 Å². The van der Waals surface area contributed by atoms with Gasteiger partial charge < -0.3 is 87.6 Å². The Hall–Kier alpha value is -11.3. The molecule has 0 saturated carbocycles. The van der Waals surface area contributed by atoms with Crippen LogP contribution in [0.5, 0.6) is 11.5 Å². The maximum atomic E-state index is 14.2. The van der Waals surface area contributed by atoms with E-state index in [1.807, 2.05) is 48.5 Å². The number of fused-ring (bicyclic) bond motifs is 3. The molecule has 524 valence electrons. The maximum Gasteiger partial charge on any atom is 0.514 e. The van der Waals surface area contributed by atoms with Gasteiger partial charge in [-0.05, 0) is 64.9 Å². The van der Waals surface area contributed by atoms with Gasteiger partial charge in [0, 0.05) is 79.0 Å². The Morgan fingerprint density at radius 1 is 0.582 bits per heavy atom. The van der Waals surface area contributed by atoms with E-state index in [2.05, 4.69) is 21.3 Å². The molecular formula is C64H69N5O29. The van der Waals surface area contributed by atoms with Gasteiger partial charge in [-0.3, -0.25) is 53.3 Å². The lowest BCUT2D eigenvalue weighted by molar-refractivity contribution is -0.384. The zero-order valence-electron chi connectivity index (χ0n) is 53.8. The zero-order chi connectivity index (χ0) is 71.5. The smallest absolute Gasteiger partial charge is 0.467 e. The van der Waals surface area contributed by atoms with Crippen molar-refractivity contribution in [1.29, 1.82) is 0 Å². The molecule has 0 unspecified atom stereocenters. The molecule has 0 radical (unpaired) electrons. The molecule has 2 saturated heterocycles. The van der Waals surface area contributed by atoms with Crippen LogP contribution in [0.4, 0.5) is 21.0 Å². The highest BCUT2D eigenvalue weighted by atomic mass is 16.7. The molecule has 0 spiro atoms. The lowest BCUT2D eigenvalue weighted by Gasteiger charge is -2.43. The summed E-state index contributed by atoms with van der Waals surface area (Å²) in [6.45, 7) is 4.63. The molecule has 11 atom stereocenters. The number of alkyl carbamates (subject to hydrolysis) is 1. The molecule has 98 heavy (non-hydrogen) atoms. The summed E-state index contributed by atoms with van der Waals surface area (Å²) in [5.41, 5.74) is 3.19. The standard InChI is InChI=1S/C64H69N5O29/c1-31(70)89-50-51(90-32(2)71)55(60(79)85-7)97-59(54(50)93-35(5)74)68-48(76)19-13-18-45(67-63(81)87-30-44-42-16-11-9-14-40(42)41-15-10-12-17-43(41)44)58(78)65-27-26-49(77)66-46-28-37(29-88-64(82)95-39-23-21-38(22-24-39)69(83)84)20-25-47(46)96-62-57(94-36(6)75)53(92-34(4)73)52(91-33(3)72)56(98-62)61(80)86-8/h9-12,14-17,20-25,28,44-45,50-57,59,62H,13,18-19,26-27,29-30H2,1-8H3,(H,65,78)(H,66,77)(H,67,81)(H,68,76)/t45-,50-,51-,52-,53-,54+,55-,56-,57+,59+,62+/m0/s1. The first-order valence-electron chi connectivity index (χ1n) is 30.0. The monoisotopic (exact) mass is 1370 g/mol. The van der Waals surface area contributed by atoms with Gasteiger partial charge in [-0.2, -0.15) is 0 Å². The number of anilines is 1. The van der Waals surface area contributed by atoms with Gasteiger partial charge in [0.15, 0.2) is 49.0 Å². The van der Waals surface area contributed by atoms with Gasteiger partial charge >= 0.3 is 60.0 Å². The molecule has 2 heterocycles. The van der Waals surface area contributed by atoms with Crippen LogP contribution < -0.4 is 30.7 Å². The third kappa shape index (κ3) is 20.1. The van der Waals surface area contributed by atoms with E-state index in [1.54, 1.807) is 0 Å². The van der Waals surface area contributed by atoms with E-state index < -0.39 is 182 Å². The summed E-state index contributed by atoms with van der Waals surface area (Å²) >= 11 is 0. The van der Waals surface area contributed by atoms with E-state index in [4.69, 9.17) is 66.3 Å². The molecule has 4 N–H and O–H groups in total. The lowest BCUT2D eigenvalue weighted by atomic mass is 9.96. The number of amides is 4. The van der Waals surface area contributed by atoms with Gasteiger partial charge in [0.1, 0.15) is 30.8 Å². The summed E-state index contributed by atoms with van der Waals surface area (Å²) in [4.78, 5) is 180. The van der Waals surface area contributed by atoms with Crippen LogP contribution in [0.1, 0.15) is 89.8 Å². The van der Waals surface area contributed by atoms with Crippen LogP contribution in [-0.2, 0) is 116 Å².